The Kier molecular flexibility index (Phi) is 3.70. The number of halogens is 2. The molecular weight excluding hydrogens is 258 g/mol. The summed E-state index contributed by atoms with van der Waals surface area (Å²) in [7, 11) is 2.80. The molecular formula is C11H16F2N4O2. The Hall–Kier alpha value is -1.70. The predicted octanol–water partition coefficient (Wildman–Crippen LogP) is 1.53. The summed E-state index contributed by atoms with van der Waals surface area (Å²) in [5, 5.41) is 7.94. The van der Waals surface area contributed by atoms with Crippen molar-refractivity contribution in [3.63, 3.8) is 0 Å². The van der Waals surface area contributed by atoms with Gasteiger partial charge in [0.05, 0.1) is 13.3 Å². The van der Waals surface area contributed by atoms with Crippen LogP contribution in [0.3, 0.4) is 0 Å². The van der Waals surface area contributed by atoms with Gasteiger partial charge in [-0.25, -0.2) is 18.5 Å². The lowest BCUT2D eigenvalue weighted by Crippen LogP contribution is -2.35. The number of aromatic nitrogens is 2. The van der Waals surface area contributed by atoms with E-state index in [1.54, 1.807) is 6.92 Å². The van der Waals surface area contributed by atoms with Crippen LogP contribution in [-0.2, 0) is 4.84 Å². The molecule has 8 heteroatoms. The van der Waals surface area contributed by atoms with E-state index in [1.807, 2.05) is 0 Å². The number of anilines is 1. The van der Waals surface area contributed by atoms with Gasteiger partial charge in [0.15, 0.2) is 0 Å². The molecule has 1 amide bonds. The lowest BCUT2D eigenvalue weighted by atomic mass is 10.1. The van der Waals surface area contributed by atoms with E-state index in [9.17, 15) is 13.6 Å². The maximum Gasteiger partial charge on any atom is 0.282 e. The zero-order valence-electron chi connectivity index (χ0n) is 10.9. The van der Waals surface area contributed by atoms with Gasteiger partial charge >= 0.3 is 0 Å². The summed E-state index contributed by atoms with van der Waals surface area (Å²) in [6.45, 7) is 1.79. The molecule has 1 N–H and O–H groups in total. The van der Waals surface area contributed by atoms with Crippen LogP contribution in [0.15, 0.2) is 6.20 Å². The van der Waals surface area contributed by atoms with Gasteiger partial charge in [0.1, 0.15) is 17.4 Å². The molecule has 0 unspecified atom stereocenters. The van der Waals surface area contributed by atoms with Crippen LogP contribution in [0, 0.1) is 0 Å². The number of carbonyl (C=O) groups is 1. The van der Waals surface area contributed by atoms with Crippen LogP contribution in [0.25, 0.3) is 0 Å². The van der Waals surface area contributed by atoms with E-state index >= 15 is 0 Å². The maximum atomic E-state index is 13.0. The lowest BCUT2D eigenvalue weighted by molar-refractivity contribution is -0.0756. The Morgan fingerprint density at radius 1 is 1.68 bits per heavy atom. The largest absolute Gasteiger partial charge is 0.367 e. The Labute approximate surface area is 109 Å². The normalized spacial score (nSPS) is 22.0. The highest BCUT2D eigenvalue weighted by atomic mass is 19.3. The van der Waals surface area contributed by atoms with Crippen LogP contribution in [0.4, 0.5) is 14.6 Å². The number of rotatable bonds is 3. The highest BCUT2D eigenvalue weighted by molar-refractivity contribution is 5.98. The number of carbonyl (C=O) groups excluding carboxylic acids is 1. The molecule has 1 aromatic rings. The van der Waals surface area contributed by atoms with Gasteiger partial charge in [0, 0.05) is 13.1 Å². The molecule has 1 aliphatic rings. The number of amides is 1. The number of nitrogens with zero attached hydrogens (tertiary/aromatic N) is 3. The molecule has 2 rings (SSSR count). The fourth-order valence-corrected chi connectivity index (χ4v) is 2.13. The first-order valence-electron chi connectivity index (χ1n) is 5.90. The van der Waals surface area contributed by atoms with Crippen LogP contribution in [0.2, 0.25) is 0 Å². The SMILES string of the molecule is CON(C)C(=O)c1cnn2c1N[C@@H](C)C[C@H]2C(F)F. The van der Waals surface area contributed by atoms with Crippen LogP contribution < -0.4 is 5.32 Å². The van der Waals surface area contributed by atoms with Crippen molar-refractivity contribution in [2.75, 3.05) is 19.5 Å². The van der Waals surface area contributed by atoms with Gasteiger partial charge in [-0.15, -0.1) is 0 Å². The topological polar surface area (TPSA) is 59.4 Å². The fraction of sp³-hybridized carbons (Fsp3) is 0.636. The molecule has 0 aliphatic carbocycles. The molecule has 19 heavy (non-hydrogen) atoms. The summed E-state index contributed by atoms with van der Waals surface area (Å²) in [6.07, 6.45) is -0.973. The summed E-state index contributed by atoms with van der Waals surface area (Å²) in [5.74, 6) is -0.115. The van der Waals surface area contributed by atoms with Gasteiger partial charge in [-0.05, 0) is 13.3 Å². The first kappa shape index (κ1) is 13.7. The zero-order chi connectivity index (χ0) is 14.2. The average Bonchev–Trinajstić information content (AvgIpc) is 2.79. The van der Waals surface area contributed by atoms with Crippen molar-refractivity contribution in [2.24, 2.45) is 0 Å². The Bertz CT molecular complexity index is 477. The summed E-state index contributed by atoms with van der Waals surface area (Å²) >= 11 is 0. The summed E-state index contributed by atoms with van der Waals surface area (Å²) in [4.78, 5) is 16.8. The van der Waals surface area contributed by atoms with Gasteiger partial charge in [-0.2, -0.15) is 5.10 Å². The molecule has 0 aromatic carbocycles. The minimum atomic E-state index is -2.52. The van der Waals surface area contributed by atoms with E-state index in [-0.39, 0.29) is 18.0 Å². The second-order valence-electron chi connectivity index (χ2n) is 4.52. The van der Waals surface area contributed by atoms with Crippen molar-refractivity contribution >= 4 is 11.7 Å². The van der Waals surface area contributed by atoms with E-state index in [2.05, 4.69) is 10.4 Å². The molecule has 0 saturated carbocycles. The Morgan fingerprint density at radius 3 is 2.95 bits per heavy atom. The molecule has 1 aromatic heterocycles. The third-order valence-corrected chi connectivity index (χ3v) is 3.17. The maximum absolute atomic E-state index is 13.0. The monoisotopic (exact) mass is 274 g/mol. The van der Waals surface area contributed by atoms with E-state index < -0.39 is 18.4 Å². The van der Waals surface area contributed by atoms with E-state index in [1.165, 1.54) is 25.0 Å². The molecule has 2 heterocycles. The highest BCUT2D eigenvalue weighted by Gasteiger charge is 2.34. The molecule has 0 fully saturated rings. The van der Waals surface area contributed by atoms with Crippen molar-refractivity contribution in [1.82, 2.24) is 14.8 Å². The standard InChI is InChI=1S/C11H16F2N4O2/c1-6-4-8(9(12)13)17-10(15-6)7(5-14-17)11(18)16(2)19-3/h5-6,8-9,15H,4H2,1-3H3/t6-,8-/m0/s1. The smallest absolute Gasteiger partial charge is 0.282 e. The zero-order valence-corrected chi connectivity index (χ0v) is 10.9. The fourth-order valence-electron chi connectivity index (χ4n) is 2.13. The first-order valence-corrected chi connectivity index (χ1v) is 5.90. The van der Waals surface area contributed by atoms with Gasteiger partial charge in [-0.3, -0.25) is 9.63 Å². The summed E-state index contributed by atoms with van der Waals surface area (Å²) in [6, 6.07) is -1.16. The van der Waals surface area contributed by atoms with Crippen molar-refractivity contribution in [3.8, 4) is 0 Å². The molecule has 106 valence electrons. The lowest BCUT2D eigenvalue weighted by Gasteiger charge is -2.30. The second kappa shape index (κ2) is 5.12. The van der Waals surface area contributed by atoms with Crippen molar-refractivity contribution in [3.05, 3.63) is 11.8 Å². The predicted molar refractivity (Wildman–Crippen MR) is 64.1 cm³/mol. The number of hydrogen-bond acceptors (Lipinski definition) is 4. The minimum absolute atomic E-state index is 0.150. The quantitative estimate of drug-likeness (QED) is 0.849. The molecule has 0 saturated heterocycles. The van der Waals surface area contributed by atoms with Crippen LogP contribution >= 0.6 is 0 Å². The average molecular weight is 274 g/mol. The third-order valence-electron chi connectivity index (χ3n) is 3.17. The molecule has 1 aliphatic heterocycles. The highest BCUT2D eigenvalue weighted by Crippen LogP contribution is 2.33. The number of nitrogens with one attached hydrogen (secondary N) is 1. The molecule has 0 bridgehead atoms. The van der Waals surface area contributed by atoms with Gasteiger partial charge in [0.2, 0.25) is 0 Å². The number of fused-ring (bicyclic) bond motifs is 1. The number of hydrogen-bond donors (Lipinski definition) is 1. The summed E-state index contributed by atoms with van der Waals surface area (Å²) < 4.78 is 27.2. The van der Waals surface area contributed by atoms with Gasteiger partial charge in [-0.1, -0.05) is 0 Å². The van der Waals surface area contributed by atoms with Crippen molar-refractivity contribution in [2.45, 2.75) is 31.9 Å². The van der Waals surface area contributed by atoms with E-state index in [0.29, 0.717) is 5.82 Å². The molecule has 0 spiro atoms. The van der Waals surface area contributed by atoms with E-state index in [0.717, 1.165) is 5.06 Å². The number of alkyl halides is 2. The van der Waals surface area contributed by atoms with Crippen LogP contribution in [0.1, 0.15) is 29.7 Å². The van der Waals surface area contributed by atoms with Gasteiger partial charge in [0.25, 0.3) is 12.3 Å². The second-order valence-corrected chi connectivity index (χ2v) is 4.52. The molecule has 6 nitrogen and oxygen atoms in total. The van der Waals surface area contributed by atoms with Crippen LogP contribution in [-0.4, -0.2) is 47.4 Å². The van der Waals surface area contributed by atoms with E-state index in [4.69, 9.17) is 4.84 Å². The first-order chi connectivity index (χ1) is 8.95. The third kappa shape index (κ3) is 2.40. The van der Waals surface area contributed by atoms with Gasteiger partial charge < -0.3 is 5.32 Å². The molecule has 0 radical (unpaired) electrons. The van der Waals surface area contributed by atoms with Crippen molar-refractivity contribution < 1.29 is 18.4 Å². The van der Waals surface area contributed by atoms with Crippen molar-refractivity contribution in [1.29, 1.82) is 0 Å². The minimum Gasteiger partial charge on any atom is -0.367 e. The Morgan fingerprint density at radius 2 is 2.37 bits per heavy atom. The number of hydroxylamine groups is 2. The Balaban J connectivity index is 2.38. The molecule has 2 atom stereocenters. The summed E-state index contributed by atoms with van der Waals surface area (Å²) in [5.41, 5.74) is 0.224. The van der Waals surface area contributed by atoms with Crippen LogP contribution in [0.5, 0.6) is 0 Å².